The Hall–Kier alpha value is -2.42. The highest BCUT2D eigenvalue weighted by molar-refractivity contribution is 5.85. The van der Waals surface area contributed by atoms with Crippen molar-refractivity contribution < 1.29 is 14.3 Å². The van der Waals surface area contributed by atoms with Crippen molar-refractivity contribution in [3.8, 4) is 0 Å². The lowest BCUT2D eigenvalue weighted by atomic mass is 9.91. The summed E-state index contributed by atoms with van der Waals surface area (Å²) in [5, 5.41) is 0. The van der Waals surface area contributed by atoms with Crippen molar-refractivity contribution in [1.29, 1.82) is 0 Å². The third-order valence-electron chi connectivity index (χ3n) is 2.92. The number of carbonyl (C=O) groups excluding carboxylic acids is 2. The van der Waals surface area contributed by atoms with Crippen molar-refractivity contribution in [2.24, 2.45) is 0 Å². The smallest absolute Gasteiger partial charge is 0.318 e. The molecule has 0 radical (unpaired) electrons. The van der Waals surface area contributed by atoms with Crippen molar-refractivity contribution in [3.05, 3.63) is 71.8 Å². The van der Waals surface area contributed by atoms with Crippen molar-refractivity contribution in [1.82, 2.24) is 0 Å². The van der Waals surface area contributed by atoms with Gasteiger partial charge in [-0.2, -0.15) is 0 Å². The lowest BCUT2D eigenvalue weighted by Crippen LogP contribution is -2.20. The summed E-state index contributed by atoms with van der Waals surface area (Å²) in [6.07, 6.45) is 0. The summed E-state index contributed by atoms with van der Waals surface area (Å²) in [5.74, 6) is -1.08. The lowest BCUT2D eigenvalue weighted by Gasteiger charge is -2.16. The van der Waals surface area contributed by atoms with Gasteiger partial charge in [-0.05, 0) is 18.1 Å². The van der Waals surface area contributed by atoms with E-state index in [1.807, 2.05) is 60.7 Å². The van der Waals surface area contributed by atoms with Crippen LogP contribution >= 0.6 is 0 Å². The number of ether oxygens (including phenoxy) is 1. The van der Waals surface area contributed by atoms with Crippen molar-refractivity contribution in [3.63, 3.8) is 0 Å². The van der Waals surface area contributed by atoms with Crippen LogP contribution < -0.4 is 0 Å². The second kappa shape index (κ2) is 6.66. The molecular weight excluding hydrogens is 252 g/mol. The molecule has 102 valence electrons. The lowest BCUT2D eigenvalue weighted by molar-refractivity contribution is -0.148. The molecule has 0 aliphatic rings. The van der Waals surface area contributed by atoms with Gasteiger partial charge in [0.25, 0.3) is 0 Å². The summed E-state index contributed by atoms with van der Waals surface area (Å²) in [6.45, 7) is 1.21. The first-order valence-electron chi connectivity index (χ1n) is 6.44. The van der Waals surface area contributed by atoms with Gasteiger partial charge in [0, 0.05) is 0 Å². The molecular formula is C17H16O3. The zero-order valence-electron chi connectivity index (χ0n) is 11.3. The second-order valence-corrected chi connectivity index (χ2v) is 4.56. The SMILES string of the molecule is CC(=O)COC(=O)C(c1ccccc1)c1ccccc1. The summed E-state index contributed by atoms with van der Waals surface area (Å²) < 4.78 is 5.09. The van der Waals surface area contributed by atoms with Crippen molar-refractivity contribution in [2.45, 2.75) is 12.8 Å². The number of hydrogen-bond acceptors (Lipinski definition) is 3. The van der Waals surface area contributed by atoms with Crippen LogP contribution in [0.5, 0.6) is 0 Å². The number of rotatable bonds is 5. The molecule has 0 heterocycles. The summed E-state index contributed by atoms with van der Waals surface area (Å²) in [7, 11) is 0. The average molecular weight is 268 g/mol. The van der Waals surface area contributed by atoms with E-state index in [1.165, 1.54) is 6.92 Å². The Balaban J connectivity index is 2.30. The molecule has 0 amide bonds. The largest absolute Gasteiger partial charge is 0.457 e. The highest BCUT2D eigenvalue weighted by Crippen LogP contribution is 2.25. The van der Waals surface area contributed by atoms with Gasteiger partial charge < -0.3 is 4.74 Å². The number of carbonyl (C=O) groups is 2. The van der Waals surface area contributed by atoms with Gasteiger partial charge in [0.05, 0.1) is 0 Å². The van der Waals surface area contributed by atoms with Gasteiger partial charge in [0.2, 0.25) is 0 Å². The van der Waals surface area contributed by atoms with Crippen LogP contribution in [0.3, 0.4) is 0 Å². The third kappa shape index (κ3) is 3.54. The maximum atomic E-state index is 12.3. The number of ketones is 1. The molecule has 0 aromatic heterocycles. The Morgan fingerprint density at radius 1 is 0.900 bits per heavy atom. The van der Waals surface area contributed by atoms with Crippen LogP contribution in [-0.2, 0) is 14.3 Å². The quantitative estimate of drug-likeness (QED) is 0.783. The second-order valence-electron chi connectivity index (χ2n) is 4.56. The number of esters is 1. The third-order valence-corrected chi connectivity index (χ3v) is 2.92. The monoisotopic (exact) mass is 268 g/mol. The molecule has 20 heavy (non-hydrogen) atoms. The van der Waals surface area contributed by atoms with Crippen LogP contribution in [0, 0.1) is 0 Å². The zero-order valence-corrected chi connectivity index (χ0v) is 11.3. The van der Waals surface area contributed by atoms with E-state index < -0.39 is 11.9 Å². The molecule has 0 spiro atoms. The fraction of sp³-hybridized carbons (Fsp3) is 0.176. The molecule has 0 aliphatic heterocycles. The molecule has 0 saturated carbocycles. The van der Waals surface area contributed by atoms with E-state index in [2.05, 4.69) is 0 Å². The molecule has 0 atom stereocenters. The topological polar surface area (TPSA) is 43.4 Å². The van der Waals surface area contributed by atoms with E-state index in [-0.39, 0.29) is 12.4 Å². The minimum Gasteiger partial charge on any atom is -0.457 e. The Morgan fingerprint density at radius 3 is 1.75 bits per heavy atom. The normalized spacial score (nSPS) is 10.3. The van der Waals surface area contributed by atoms with Gasteiger partial charge in [-0.1, -0.05) is 60.7 Å². The van der Waals surface area contributed by atoms with Gasteiger partial charge in [-0.25, -0.2) is 0 Å². The minimum absolute atomic E-state index is 0.168. The summed E-state index contributed by atoms with van der Waals surface area (Å²) in [4.78, 5) is 23.2. The van der Waals surface area contributed by atoms with Gasteiger partial charge in [-0.3, -0.25) is 9.59 Å². The van der Waals surface area contributed by atoms with Crippen molar-refractivity contribution >= 4 is 11.8 Å². The van der Waals surface area contributed by atoms with Crippen LogP contribution in [0.4, 0.5) is 0 Å². The van der Waals surface area contributed by atoms with Gasteiger partial charge in [0.1, 0.15) is 12.5 Å². The van der Waals surface area contributed by atoms with Crippen LogP contribution in [0.1, 0.15) is 24.0 Å². The summed E-state index contributed by atoms with van der Waals surface area (Å²) in [6, 6.07) is 18.8. The Morgan fingerprint density at radius 2 is 1.35 bits per heavy atom. The Kier molecular flexibility index (Phi) is 4.66. The van der Waals surface area contributed by atoms with E-state index in [0.717, 1.165) is 11.1 Å². The molecule has 2 aromatic rings. The first kappa shape index (κ1) is 14.0. The summed E-state index contributed by atoms with van der Waals surface area (Å²) >= 11 is 0. The molecule has 3 heteroatoms. The molecule has 0 bridgehead atoms. The maximum absolute atomic E-state index is 12.3. The van der Waals surface area contributed by atoms with Crippen LogP contribution in [0.25, 0.3) is 0 Å². The van der Waals surface area contributed by atoms with Crippen LogP contribution in [0.2, 0.25) is 0 Å². The first-order valence-corrected chi connectivity index (χ1v) is 6.44. The molecule has 0 unspecified atom stereocenters. The van der Waals surface area contributed by atoms with Crippen LogP contribution in [0.15, 0.2) is 60.7 Å². The molecule has 0 N–H and O–H groups in total. The molecule has 2 rings (SSSR count). The van der Waals surface area contributed by atoms with Crippen molar-refractivity contribution in [2.75, 3.05) is 6.61 Å². The highest BCUT2D eigenvalue weighted by atomic mass is 16.5. The summed E-state index contributed by atoms with van der Waals surface area (Å²) in [5.41, 5.74) is 1.71. The average Bonchev–Trinajstić information content (AvgIpc) is 2.48. The standard InChI is InChI=1S/C17H16O3/c1-13(18)12-20-17(19)16(14-8-4-2-5-9-14)15-10-6-3-7-11-15/h2-11,16H,12H2,1H3. The fourth-order valence-electron chi connectivity index (χ4n) is 2.01. The van der Waals surface area contributed by atoms with E-state index >= 15 is 0 Å². The Labute approximate surface area is 118 Å². The molecule has 0 aliphatic carbocycles. The predicted molar refractivity (Wildman–Crippen MR) is 76.4 cm³/mol. The van der Waals surface area contributed by atoms with E-state index in [0.29, 0.717) is 0 Å². The number of benzene rings is 2. The number of Topliss-reactive ketones (excluding diaryl/α,β-unsaturated/α-hetero) is 1. The van der Waals surface area contributed by atoms with E-state index in [1.54, 1.807) is 0 Å². The predicted octanol–water partition coefficient (Wildman–Crippen LogP) is 2.95. The van der Waals surface area contributed by atoms with E-state index in [4.69, 9.17) is 4.74 Å². The van der Waals surface area contributed by atoms with Gasteiger partial charge in [-0.15, -0.1) is 0 Å². The maximum Gasteiger partial charge on any atom is 0.318 e. The highest BCUT2D eigenvalue weighted by Gasteiger charge is 2.24. The zero-order chi connectivity index (χ0) is 14.4. The fourth-order valence-corrected chi connectivity index (χ4v) is 2.01. The minimum atomic E-state index is -0.503. The molecule has 0 saturated heterocycles. The van der Waals surface area contributed by atoms with Crippen LogP contribution in [-0.4, -0.2) is 18.4 Å². The van der Waals surface area contributed by atoms with E-state index in [9.17, 15) is 9.59 Å². The van der Waals surface area contributed by atoms with Gasteiger partial charge in [0.15, 0.2) is 5.78 Å². The van der Waals surface area contributed by atoms with Gasteiger partial charge >= 0.3 is 5.97 Å². The first-order chi connectivity index (χ1) is 9.68. The molecule has 2 aromatic carbocycles. The molecule has 3 nitrogen and oxygen atoms in total. The number of hydrogen-bond donors (Lipinski definition) is 0. The Bertz CT molecular complexity index is 536. The molecule has 0 fully saturated rings.